The quantitative estimate of drug-likeness (QED) is 0.669. The number of rotatable bonds is 5. The van der Waals surface area contributed by atoms with Crippen LogP contribution >= 0.6 is 0 Å². The van der Waals surface area contributed by atoms with Crippen molar-refractivity contribution in [2.45, 2.75) is 38.6 Å². The maximum absolute atomic E-state index is 12.6. The lowest BCUT2D eigenvalue weighted by atomic mass is 10.0. The number of nitrogens with zero attached hydrogens (tertiary/aromatic N) is 2. The summed E-state index contributed by atoms with van der Waals surface area (Å²) in [6.07, 6.45) is 4.66. The SMILES string of the molecule is Cc1cc([N+](=O)[O-])ccc1C(=O)N1CCC(NCC2CC2)CC1. The van der Waals surface area contributed by atoms with Crippen molar-refractivity contribution in [3.63, 3.8) is 0 Å². The van der Waals surface area contributed by atoms with E-state index in [1.54, 1.807) is 13.0 Å². The monoisotopic (exact) mass is 317 g/mol. The van der Waals surface area contributed by atoms with Crippen molar-refractivity contribution in [1.82, 2.24) is 10.2 Å². The third-order valence-corrected chi connectivity index (χ3v) is 4.83. The molecule has 2 aliphatic rings. The zero-order valence-corrected chi connectivity index (χ0v) is 13.5. The van der Waals surface area contributed by atoms with Crippen LogP contribution in [0.25, 0.3) is 0 Å². The fraction of sp³-hybridized carbons (Fsp3) is 0.588. The number of carbonyl (C=O) groups excluding carboxylic acids is 1. The molecule has 0 spiro atoms. The average Bonchev–Trinajstić information content (AvgIpc) is 3.37. The van der Waals surface area contributed by atoms with E-state index in [9.17, 15) is 14.9 Å². The molecular formula is C17H23N3O3. The molecule has 0 bridgehead atoms. The van der Waals surface area contributed by atoms with Crippen LogP contribution in [0.2, 0.25) is 0 Å². The number of aryl methyl sites for hydroxylation is 1. The molecule has 6 heteroatoms. The van der Waals surface area contributed by atoms with Crippen LogP contribution in [0.4, 0.5) is 5.69 Å². The fourth-order valence-electron chi connectivity index (χ4n) is 3.11. The number of likely N-dealkylation sites (tertiary alicyclic amines) is 1. The smallest absolute Gasteiger partial charge is 0.269 e. The Labute approximate surface area is 136 Å². The second-order valence-corrected chi connectivity index (χ2v) is 6.67. The highest BCUT2D eigenvalue weighted by Crippen LogP contribution is 2.28. The summed E-state index contributed by atoms with van der Waals surface area (Å²) in [7, 11) is 0. The highest BCUT2D eigenvalue weighted by atomic mass is 16.6. The zero-order valence-electron chi connectivity index (χ0n) is 13.5. The number of benzene rings is 1. The molecule has 1 aromatic carbocycles. The second kappa shape index (κ2) is 6.66. The molecule has 6 nitrogen and oxygen atoms in total. The van der Waals surface area contributed by atoms with Gasteiger partial charge in [0.1, 0.15) is 0 Å². The molecule has 1 saturated heterocycles. The van der Waals surface area contributed by atoms with Gasteiger partial charge in [-0.1, -0.05) is 0 Å². The van der Waals surface area contributed by atoms with Crippen LogP contribution in [-0.2, 0) is 0 Å². The molecule has 1 amide bonds. The van der Waals surface area contributed by atoms with Crippen LogP contribution in [0.3, 0.4) is 0 Å². The Morgan fingerprint density at radius 3 is 2.57 bits per heavy atom. The summed E-state index contributed by atoms with van der Waals surface area (Å²) in [5.74, 6) is 0.857. The Kier molecular flexibility index (Phi) is 4.61. The van der Waals surface area contributed by atoms with Gasteiger partial charge in [0, 0.05) is 36.8 Å². The molecule has 2 fully saturated rings. The van der Waals surface area contributed by atoms with Crippen molar-refractivity contribution in [2.75, 3.05) is 19.6 Å². The van der Waals surface area contributed by atoms with E-state index in [-0.39, 0.29) is 11.6 Å². The number of hydrogen-bond donors (Lipinski definition) is 1. The molecule has 23 heavy (non-hydrogen) atoms. The number of amides is 1. The first-order valence-electron chi connectivity index (χ1n) is 8.32. The molecular weight excluding hydrogens is 294 g/mol. The minimum Gasteiger partial charge on any atom is -0.339 e. The first-order valence-corrected chi connectivity index (χ1v) is 8.32. The lowest BCUT2D eigenvalue weighted by Gasteiger charge is -2.33. The third-order valence-electron chi connectivity index (χ3n) is 4.83. The molecule has 1 heterocycles. The average molecular weight is 317 g/mol. The molecule has 1 N–H and O–H groups in total. The summed E-state index contributed by atoms with van der Waals surface area (Å²) in [6, 6.07) is 4.96. The summed E-state index contributed by atoms with van der Waals surface area (Å²) in [5, 5.41) is 14.4. The Hall–Kier alpha value is -1.95. The Balaban J connectivity index is 1.57. The second-order valence-electron chi connectivity index (χ2n) is 6.67. The van der Waals surface area contributed by atoms with Crippen LogP contribution < -0.4 is 5.32 Å². The van der Waals surface area contributed by atoms with Gasteiger partial charge in [-0.2, -0.15) is 0 Å². The molecule has 3 rings (SSSR count). The molecule has 1 aromatic rings. The topological polar surface area (TPSA) is 75.5 Å². The summed E-state index contributed by atoms with van der Waals surface area (Å²) < 4.78 is 0. The first-order chi connectivity index (χ1) is 11.0. The van der Waals surface area contributed by atoms with Crippen molar-refractivity contribution in [3.8, 4) is 0 Å². The normalized spacial score (nSPS) is 18.9. The molecule has 1 aliphatic carbocycles. The number of nitrogens with one attached hydrogen (secondary N) is 1. The molecule has 0 aromatic heterocycles. The lowest BCUT2D eigenvalue weighted by Crippen LogP contribution is -2.45. The molecule has 0 unspecified atom stereocenters. The molecule has 1 saturated carbocycles. The Morgan fingerprint density at radius 2 is 2.00 bits per heavy atom. The van der Waals surface area contributed by atoms with Gasteiger partial charge in [-0.15, -0.1) is 0 Å². The first kappa shape index (κ1) is 15.9. The predicted molar refractivity (Wildman–Crippen MR) is 87.5 cm³/mol. The number of carbonyl (C=O) groups is 1. The molecule has 0 atom stereocenters. The van der Waals surface area contributed by atoms with Crippen molar-refractivity contribution >= 4 is 11.6 Å². The molecule has 124 valence electrons. The van der Waals surface area contributed by atoms with E-state index in [1.807, 2.05) is 4.90 Å². The number of hydrogen-bond acceptors (Lipinski definition) is 4. The minimum absolute atomic E-state index is 0.0157. The van der Waals surface area contributed by atoms with Gasteiger partial charge in [0.2, 0.25) is 0 Å². The summed E-state index contributed by atoms with van der Waals surface area (Å²) in [5.41, 5.74) is 1.26. The standard InChI is InChI=1S/C17H23N3O3/c1-12-10-15(20(22)23)4-5-16(12)17(21)19-8-6-14(7-9-19)18-11-13-2-3-13/h4-5,10,13-14,18H,2-3,6-9,11H2,1H3. The van der Waals surface area contributed by atoms with E-state index in [2.05, 4.69) is 5.32 Å². The van der Waals surface area contributed by atoms with E-state index in [4.69, 9.17) is 0 Å². The number of non-ortho nitro benzene ring substituents is 1. The number of piperidine rings is 1. The van der Waals surface area contributed by atoms with E-state index in [0.717, 1.165) is 38.4 Å². The largest absolute Gasteiger partial charge is 0.339 e. The van der Waals surface area contributed by atoms with E-state index >= 15 is 0 Å². The zero-order chi connectivity index (χ0) is 16.4. The van der Waals surface area contributed by atoms with Crippen LogP contribution in [0.1, 0.15) is 41.6 Å². The van der Waals surface area contributed by atoms with Crippen molar-refractivity contribution in [2.24, 2.45) is 5.92 Å². The van der Waals surface area contributed by atoms with E-state index < -0.39 is 4.92 Å². The van der Waals surface area contributed by atoms with Gasteiger partial charge in [-0.05, 0) is 56.7 Å². The van der Waals surface area contributed by atoms with Crippen LogP contribution in [0, 0.1) is 23.0 Å². The van der Waals surface area contributed by atoms with Crippen LogP contribution in [0.5, 0.6) is 0 Å². The van der Waals surface area contributed by atoms with Gasteiger partial charge in [-0.3, -0.25) is 14.9 Å². The lowest BCUT2D eigenvalue weighted by molar-refractivity contribution is -0.384. The third kappa shape index (κ3) is 3.88. The summed E-state index contributed by atoms with van der Waals surface area (Å²) in [4.78, 5) is 24.8. The predicted octanol–water partition coefficient (Wildman–Crippen LogP) is 2.51. The maximum atomic E-state index is 12.6. The highest BCUT2D eigenvalue weighted by Gasteiger charge is 2.27. The molecule has 1 aliphatic heterocycles. The van der Waals surface area contributed by atoms with Gasteiger partial charge in [0.25, 0.3) is 11.6 Å². The summed E-state index contributed by atoms with van der Waals surface area (Å²) in [6.45, 7) is 4.36. The number of nitro groups is 1. The van der Waals surface area contributed by atoms with Gasteiger partial charge in [0.15, 0.2) is 0 Å². The highest BCUT2D eigenvalue weighted by molar-refractivity contribution is 5.96. The van der Waals surface area contributed by atoms with Crippen LogP contribution in [0.15, 0.2) is 18.2 Å². The van der Waals surface area contributed by atoms with Gasteiger partial charge < -0.3 is 10.2 Å². The van der Waals surface area contributed by atoms with Crippen LogP contribution in [-0.4, -0.2) is 41.4 Å². The molecule has 0 radical (unpaired) electrons. The van der Waals surface area contributed by atoms with E-state index in [0.29, 0.717) is 17.2 Å². The van der Waals surface area contributed by atoms with Crippen molar-refractivity contribution < 1.29 is 9.72 Å². The van der Waals surface area contributed by atoms with Gasteiger partial charge in [0.05, 0.1) is 4.92 Å². The van der Waals surface area contributed by atoms with E-state index in [1.165, 1.54) is 25.0 Å². The fourth-order valence-corrected chi connectivity index (χ4v) is 3.11. The summed E-state index contributed by atoms with van der Waals surface area (Å²) >= 11 is 0. The Morgan fingerprint density at radius 1 is 1.30 bits per heavy atom. The van der Waals surface area contributed by atoms with Gasteiger partial charge >= 0.3 is 0 Å². The maximum Gasteiger partial charge on any atom is 0.269 e. The Bertz CT molecular complexity index is 605. The van der Waals surface area contributed by atoms with Crippen molar-refractivity contribution in [1.29, 1.82) is 0 Å². The van der Waals surface area contributed by atoms with Crippen molar-refractivity contribution in [3.05, 3.63) is 39.4 Å². The number of nitro benzene ring substituents is 1. The van der Waals surface area contributed by atoms with Gasteiger partial charge in [-0.25, -0.2) is 0 Å². The minimum atomic E-state index is -0.432.